The quantitative estimate of drug-likeness (QED) is 0.645. The summed E-state index contributed by atoms with van der Waals surface area (Å²) in [6.45, 7) is 4.01. The molecule has 0 saturated carbocycles. The molecule has 0 saturated heterocycles. The summed E-state index contributed by atoms with van der Waals surface area (Å²) in [5.74, 6) is 0.546. The van der Waals surface area contributed by atoms with Gasteiger partial charge in [-0.3, -0.25) is 0 Å². The molecule has 0 spiro atoms. The van der Waals surface area contributed by atoms with Gasteiger partial charge in [-0.25, -0.2) is 0 Å². The lowest BCUT2D eigenvalue weighted by molar-refractivity contribution is 1.41. The van der Waals surface area contributed by atoms with E-state index >= 15 is 0 Å². The normalized spacial score (nSPS) is 11.8. The van der Waals surface area contributed by atoms with Gasteiger partial charge < -0.3 is 0 Å². The van der Waals surface area contributed by atoms with E-state index < -0.39 is 0 Å². The highest BCUT2D eigenvalue weighted by atomic mass is 35.5. The molecule has 0 nitrogen and oxygen atoms in total. The molecule has 0 aliphatic rings. The van der Waals surface area contributed by atoms with Crippen LogP contribution in [0.3, 0.4) is 0 Å². The highest BCUT2D eigenvalue weighted by Gasteiger charge is 1.97. The fraction of sp³-hybridized carbons (Fsp3) is 0.273. The zero-order valence-corrected chi connectivity index (χ0v) is 9.28. The van der Waals surface area contributed by atoms with Crippen LogP contribution in [0.1, 0.15) is 18.1 Å². The molecule has 1 aromatic carbocycles. The molecular weight excluding hydrogens is 203 g/mol. The van der Waals surface area contributed by atoms with Crippen LogP contribution in [0.5, 0.6) is 0 Å². The fourth-order valence-electron chi connectivity index (χ4n) is 1.05. The predicted molar refractivity (Wildman–Crippen MR) is 60.6 cm³/mol. The van der Waals surface area contributed by atoms with Gasteiger partial charge in [-0.1, -0.05) is 35.4 Å². The Morgan fingerprint density at radius 3 is 2.69 bits per heavy atom. The van der Waals surface area contributed by atoms with Crippen molar-refractivity contribution in [3.8, 4) is 0 Å². The lowest BCUT2D eigenvalue weighted by Crippen LogP contribution is -1.81. The summed E-state index contributed by atoms with van der Waals surface area (Å²) >= 11 is 11.7. The minimum atomic E-state index is 0.546. The van der Waals surface area contributed by atoms with Crippen molar-refractivity contribution in [1.82, 2.24) is 0 Å². The Kier molecular flexibility index (Phi) is 3.83. The van der Waals surface area contributed by atoms with Gasteiger partial charge in [0, 0.05) is 10.9 Å². The van der Waals surface area contributed by atoms with Crippen molar-refractivity contribution in [2.24, 2.45) is 0 Å². The number of hydrogen-bond acceptors (Lipinski definition) is 0. The van der Waals surface area contributed by atoms with Crippen molar-refractivity contribution in [1.29, 1.82) is 0 Å². The van der Waals surface area contributed by atoms with Crippen molar-refractivity contribution in [2.75, 3.05) is 5.88 Å². The van der Waals surface area contributed by atoms with Crippen molar-refractivity contribution in [3.63, 3.8) is 0 Å². The first-order valence-electron chi connectivity index (χ1n) is 4.13. The average molecular weight is 215 g/mol. The van der Waals surface area contributed by atoms with Gasteiger partial charge in [0.2, 0.25) is 0 Å². The van der Waals surface area contributed by atoms with Crippen molar-refractivity contribution in [2.45, 2.75) is 13.8 Å². The van der Waals surface area contributed by atoms with Crippen molar-refractivity contribution >= 4 is 29.3 Å². The minimum absolute atomic E-state index is 0.546. The van der Waals surface area contributed by atoms with Gasteiger partial charge in [-0.15, -0.1) is 11.6 Å². The Bertz CT molecular complexity index is 327. The SMILES string of the molecule is C/C(=C/c1ccc(C)cc1Cl)CCl. The second-order valence-corrected chi connectivity index (χ2v) is 3.82. The molecule has 0 heterocycles. The van der Waals surface area contributed by atoms with E-state index in [1.807, 2.05) is 38.1 Å². The number of hydrogen-bond donors (Lipinski definition) is 0. The summed E-state index contributed by atoms with van der Waals surface area (Å²) < 4.78 is 0. The maximum absolute atomic E-state index is 6.04. The molecule has 1 aromatic rings. The Labute approximate surface area is 89.2 Å². The minimum Gasteiger partial charge on any atom is -0.122 e. The fourth-order valence-corrected chi connectivity index (χ4v) is 1.42. The molecule has 0 unspecified atom stereocenters. The third kappa shape index (κ3) is 3.06. The second kappa shape index (κ2) is 4.69. The number of halogens is 2. The number of aryl methyl sites for hydroxylation is 1. The van der Waals surface area contributed by atoms with Crippen LogP contribution < -0.4 is 0 Å². The second-order valence-electron chi connectivity index (χ2n) is 3.15. The van der Waals surface area contributed by atoms with Gasteiger partial charge in [0.1, 0.15) is 0 Å². The predicted octanol–water partition coefficient (Wildman–Crippen LogP) is 4.29. The van der Waals surface area contributed by atoms with E-state index in [1.165, 1.54) is 5.56 Å². The van der Waals surface area contributed by atoms with Crippen LogP contribution in [-0.2, 0) is 0 Å². The van der Waals surface area contributed by atoms with E-state index in [0.717, 1.165) is 16.2 Å². The standard InChI is InChI=1S/C11H12Cl2/c1-8-3-4-10(11(13)6-8)5-9(2)7-12/h3-6H,7H2,1-2H3/b9-5-. The van der Waals surface area contributed by atoms with Crippen molar-refractivity contribution < 1.29 is 0 Å². The van der Waals surface area contributed by atoms with Crippen LogP contribution >= 0.6 is 23.2 Å². The molecule has 0 bridgehead atoms. The van der Waals surface area contributed by atoms with Gasteiger partial charge in [-0.05, 0) is 31.0 Å². The van der Waals surface area contributed by atoms with E-state index in [4.69, 9.17) is 23.2 Å². The lowest BCUT2D eigenvalue weighted by Gasteiger charge is -2.01. The molecule has 1 rings (SSSR count). The Hall–Kier alpha value is -0.460. The largest absolute Gasteiger partial charge is 0.122 e. The van der Waals surface area contributed by atoms with E-state index in [9.17, 15) is 0 Å². The smallest absolute Gasteiger partial charge is 0.0480 e. The highest BCUT2D eigenvalue weighted by molar-refractivity contribution is 6.32. The van der Waals surface area contributed by atoms with Gasteiger partial charge in [0.15, 0.2) is 0 Å². The molecule has 0 aliphatic heterocycles. The summed E-state index contributed by atoms with van der Waals surface area (Å²) in [7, 11) is 0. The monoisotopic (exact) mass is 214 g/mol. The molecule has 0 amide bonds. The van der Waals surface area contributed by atoms with E-state index in [1.54, 1.807) is 0 Å². The summed E-state index contributed by atoms with van der Waals surface area (Å²) in [4.78, 5) is 0. The van der Waals surface area contributed by atoms with Crippen LogP contribution in [0, 0.1) is 6.92 Å². The zero-order valence-electron chi connectivity index (χ0n) is 7.77. The van der Waals surface area contributed by atoms with Gasteiger partial charge in [-0.2, -0.15) is 0 Å². The summed E-state index contributed by atoms with van der Waals surface area (Å²) in [5.41, 5.74) is 3.32. The molecule has 0 fully saturated rings. The zero-order chi connectivity index (χ0) is 9.84. The molecule has 0 atom stereocenters. The highest BCUT2D eigenvalue weighted by Crippen LogP contribution is 2.20. The van der Waals surface area contributed by atoms with Crippen molar-refractivity contribution in [3.05, 3.63) is 39.9 Å². The Morgan fingerprint density at radius 2 is 2.15 bits per heavy atom. The molecule has 0 N–H and O–H groups in total. The van der Waals surface area contributed by atoms with Gasteiger partial charge in [0.05, 0.1) is 0 Å². The first kappa shape index (κ1) is 10.6. The summed E-state index contributed by atoms with van der Waals surface area (Å²) in [6.07, 6.45) is 2.01. The maximum Gasteiger partial charge on any atom is 0.0480 e. The molecule has 0 aliphatic carbocycles. The molecule has 70 valence electrons. The summed E-state index contributed by atoms with van der Waals surface area (Å²) in [5, 5.41) is 0.782. The van der Waals surface area contributed by atoms with Crippen LogP contribution in [0.25, 0.3) is 6.08 Å². The molecular formula is C11H12Cl2. The average Bonchev–Trinajstić information content (AvgIpc) is 2.09. The third-order valence-corrected chi connectivity index (χ3v) is 2.52. The van der Waals surface area contributed by atoms with Crippen LogP contribution in [0.2, 0.25) is 5.02 Å². The topological polar surface area (TPSA) is 0 Å². The van der Waals surface area contributed by atoms with Gasteiger partial charge >= 0.3 is 0 Å². The van der Waals surface area contributed by atoms with Crippen LogP contribution in [-0.4, -0.2) is 5.88 Å². The molecule has 2 heteroatoms. The Morgan fingerprint density at radius 1 is 1.46 bits per heavy atom. The maximum atomic E-state index is 6.04. The molecule has 0 aromatic heterocycles. The van der Waals surface area contributed by atoms with Gasteiger partial charge in [0.25, 0.3) is 0 Å². The molecule has 0 radical (unpaired) electrons. The first-order chi connectivity index (χ1) is 6.13. The summed E-state index contributed by atoms with van der Waals surface area (Å²) in [6, 6.07) is 6.00. The first-order valence-corrected chi connectivity index (χ1v) is 5.04. The van der Waals surface area contributed by atoms with Crippen LogP contribution in [0.4, 0.5) is 0 Å². The van der Waals surface area contributed by atoms with E-state index in [-0.39, 0.29) is 0 Å². The number of alkyl halides is 1. The molecule has 13 heavy (non-hydrogen) atoms. The van der Waals surface area contributed by atoms with E-state index in [2.05, 4.69) is 0 Å². The third-order valence-electron chi connectivity index (χ3n) is 1.77. The number of benzene rings is 1. The number of rotatable bonds is 2. The Balaban J connectivity index is 3.03. The van der Waals surface area contributed by atoms with E-state index in [0.29, 0.717) is 5.88 Å². The number of allylic oxidation sites excluding steroid dienone is 1. The lowest BCUT2D eigenvalue weighted by atomic mass is 10.1. The van der Waals surface area contributed by atoms with Crippen LogP contribution in [0.15, 0.2) is 23.8 Å².